The first-order valence-electron chi connectivity index (χ1n) is 7.95. The fourth-order valence-electron chi connectivity index (χ4n) is 2.67. The summed E-state index contributed by atoms with van der Waals surface area (Å²) in [5.74, 6) is -1.81. The third kappa shape index (κ3) is 4.34. The molecule has 5 nitrogen and oxygen atoms in total. The van der Waals surface area contributed by atoms with Crippen molar-refractivity contribution >= 4 is 17.6 Å². The first-order valence-corrected chi connectivity index (χ1v) is 7.95. The number of nitrogens with one attached hydrogen (secondary N) is 1. The van der Waals surface area contributed by atoms with Crippen molar-refractivity contribution in [1.82, 2.24) is 0 Å². The molecule has 0 unspecified atom stereocenters. The second kappa shape index (κ2) is 7.81. The van der Waals surface area contributed by atoms with Crippen LogP contribution >= 0.6 is 0 Å². The van der Waals surface area contributed by atoms with E-state index in [1.54, 1.807) is 6.07 Å². The van der Waals surface area contributed by atoms with Crippen LogP contribution in [0.3, 0.4) is 0 Å². The van der Waals surface area contributed by atoms with Gasteiger partial charge in [0.05, 0.1) is 24.1 Å². The SMILES string of the molecule is CCCOc1cc(C)ccc1NC(=O)[C@@H]1CC=CC[C@H]1C(=O)O. The van der Waals surface area contributed by atoms with Gasteiger partial charge in [-0.3, -0.25) is 9.59 Å². The molecule has 0 aliphatic heterocycles. The molecule has 124 valence electrons. The lowest BCUT2D eigenvalue weighted by Gasteiger charge is -2.24. The molecular formula is C18H23NO4. The third-order valence-corrected chi connectivity index (χ3v) is 3.94. The van der Waals surface area contributed by atoms with Gasteiger partial charge >= 0.3 is 5.97 Å². The maximum atomic E-state index is 12.5. The Bertz CT molecular complexity index is 609. The van der Waals surface area contributed by atoms with E-state index in [1.807, 2.05) is 38.1 Å². The molecule has 23 heavy (non-hydrogen) atoms. The normalized spacial score (nSPS) is 20.1. The van der Waals surface area contributed by atoms with Gasteiger partial charge in [0.25, 0.3) is 0 Å². The molecule has 0 bridgehead atoms. The number of ether oxygens (including phenoxy) is 1. The van der Waals surface area contributed by atoms with Gasteiger partial charge in [0, 0.05) is 0 Å². The van der Waals surface area contributed by atoms with E-state index >= 15 is 0 Å². The summed E-state index contributed by atoms with van der Waals surface area (Å²) in [4.78, 5) is 23.9. The topological polar surface area (TPSA) is 75.6 Å². The number of allylic oxidation sites excluding steroid dienone is 2. The number of amides is 1. The van der Waals surface area contributed by atoms with E-state index in [9.17, 15) is 14.7 Å². The summed E-state index contributed by atoms with van der Waals surface area (Å²) in [5, 5.41) is 12.1. The minimum absolute atomic E-state index is 0.271. The van der Waals surface area contributed by atoms with E-state index in [1.165, 1.54) is 0 Å². The van der Waals surface area contributed by atoms with Crippen LogP contribution in [0.1, 0.15) is 31.7 Å². The highest BCUT2D eigenvalue weighted by Gasteiger charge is 2.34. The highest BCUT2D eigenvalue weighted by molar-refractivity contribution is 5.96. The molecule has 1 amide bonds. The Balaban J connectivity index is 2.16. The van der Waals surface area contributed by atoms with Crippen molar-refractivity contribution in [2.75, 3.05) is 11.9 Å². The minimum atomic E-state index is -0.930. The van der Waals surface area contributed by atoms with E-state index in [-0.39, 0.29) is 5.91 Å². The van der Waals surface area contributed by atoms with Gasteiger partial charge in [-0.25, -0.2) is 0 Å². The summed E-state index contributed by atoms with van der Waals surface area (Å²) in [6, 6.07) is 5.57. The Labute approximate surface area is 136 Å². The summed E-state index contributed by atoms with van der Waals surface area (Å²) in [6.45, 7) is 4.53. The first-order chi connectivity index (χ1) is 11.0. The van der Waals surface area contributed by atoms with Gasteiger partial charge in [-0.1, -0.05) is 25.1 Å². The van der Waals surface area contributed by atoms with Crippen LogP contribution < -0.4 is 10.1 Å². The maximum absolute atomic E-state index is 12.5. The number of anilines is 1. The van der Waals surface area contributed by atoms with Crippen LogP contribution in [0.25, 0.3) is 0 Å². The van der Waals surface area contributed by atoms with Crippen LogP contribution in [0.5, 0.6) is 5.75 Å². The van der Waals surface area contributed by atoms with Gasteiger partial charge in [0.1, 0.15) is 5.75 Å². The number of carbonyl (C=O) groups excluding carboxylic acids is 1. The fourth-order valence-corrected chi connectivity index (χ4v) is 2.67. The van der Waals surface area contributed by atoms with Gasteiger partial charge < -0.3 is 15.2 Å². The molecule has 0 aromatic heterocycles. The standard InChI is InChI=1S/C18H23NO4/c1-3-10-23-16-11-12(2)8-9-15(16)19-17(20)13-6-4-5-7-14(13)18(21)22/h4-5,8-9,11,13-14H,3,6-7,10H2,1-2H3,(H,19,20)(H,21,22)/t13-,14-/m1/s1. The number of carbonyl (C=O) groups is 2. The number of aliphatic carboxylic acids is 1. The fraction of sp³-hybridized carbons (Fsp3) is 0.444. The average Bonchev–Trinajstić information content (AvgIpc) is 2.54. The van der Waals surface area contributed by atoms with Gasteiger partial charge in [-0.15, -0.1) is 0 Å². The summed E-state index contributed by atoms with van der Waals surface area (Å²) in [7, 11) is 0. The maximum Gasteiger partial charge on any atom is 0.307 e. The van der Waals surface area contributed by atoms with E-state index in [0.717, 1.165) is 12.0 Å². The number of hydrogen-bond acceptors (Lipinski definition) is 3. The molecule has 2 N–H and O–H groups in total. The van der Waals surface area contributed by atoms with Crippen molar-refractivity contribution in [2.24, 2.45) is 11.8 Å². The van der Waals surface area contributed by atoms with E-state index in [4.69, 9.17) is 4.74 Å². The van der Waals surface area contributed by atoms with E-state index in [0.29, 0.717) is 30.9 Å². The quantitative estimate of drug-likeness (QED) is 0.789. The van der Waals surface area contributed by atoms with Crippen molar-refractivity contribution in [1.29, 1.82) is 0 Å². The molecule has 1 aliphatic carbocycles. The third-order valence-electron chi connectivity index (χ3n) is 3.94. The second-order valence-corrected chi connectivity index (χ2v) is 5.83. The number of carboxylic acids is 1. The molecule has 0 spiro atoms. The lowest BCUT2D eigenvalue weighted by atomic mass is 9.82. The Hall–Kier alpha value is -2.30. The smallest absolute Gasteiger partial charge is 0.307 e. The van der Waals surface area contributed by atoms with Crippen LogP contribution in [0, 0.1) is 18.8 Å². The van der Waals surface area contributed by atoms with Crippen LogP contribution in [-0.4, -0.2) is 23.6 Å². The molecule has 5 heteroatoms. The molecule has 1 aliphatic rings. The van der Waals surface area contributed by atoms with Crippen molar-refractivity contribution in [2.45, 2.75) is 33.1 Å². The zero-order chi connectivity index (χ0) is 16.8. The molecule has 0 saturated carbocycles. The largest absolute Gasteiger partial charge is 0.491 e. The highest BCUT2D eigenvalue weighted by Crippen LogP contribution is 2.30. The van der Waals surface area contributed by atoms with Crippen LogP contribution in [0.2, 0.25) is 0 Å². The van der Waals surface area contributed by atoms with Crippen molar-refractivity contribution in [3.63, 3.8) is 0 Å². The molecular weight excluding hydrogens is 294 g/mol. The molecule has 0 heterocycles. The number of hydrogen-bond donors (Lipinski definition) is 2. The molecule has 0 radical (unpaired) electrons. The first kappa shape index (κ1) is 17.1. The summed E-state index contributed by atoms with van der Waals surface area (Å²) in [5.41, 5.74) is 1.63. The Morgan fingerprint density at radius 3 is 2.61 bits per heavy atom. The van der Waals surface area contributed by atoms with Gasteiger partial charge in [0.2, 0.25) is 5.91 Å². The molecule has 1 aromatic carbocycles. The molecule has 2 atom stereocenters. The van der Waals surface area contributed by atoms with Crippen LogP contribution in [-0.2, 0) is 9.59 Å². The Morgan fingerprint density at radius 1 is 1.26 bits per heavy atom. The number of benzene rings is 1. The summed E-state index contributed by atoms with van der Waals surface area (Å²) >= 11 is 0. The van der Waals surface area contributed by atoms with Crippen molar-refractivity contribution in [3.05, 3.63) is 35.9 Å². The van der Waals surface area contributed by atoms with E-state index in [2.05, 4.69) is 5.32 Å². The number of carboxylic acid groups (broad SMARTS) is 1. The number of aryl methyl sites for hydroxylation is 1. The van der Waals surface area contributed by atoms with Crippen molar-refractivity contribution < 1.29 is 19.4 Å². The highest BCUT2D eigenvalue weighted by atomic mass is 16.5. The molecule has 1 aromatic rings. The molecule has 0 saturated heterocycles. The van der Waals surface area contributed by atoms with Gasteiger partial charge in [-0.05, 0) is 43.9 Å². The zero-order valence-corrected chi connectivity index (χ0v) is 13.5. The molecule has 2 rings (SSSR count). The molecule has 0 fully saturated rings. The predicted octanol–water partition coefficient (Wildman–Crippen LogP) is 3.39. The summed E-state index contributed by atoms with van der Waals surface area (Å²) < 4.78 is 5.68. The van der Waals surface area contributed by atoms with E-state index < -0.39 is 17.8 Å². The lowest BCUT2D eigenvalue weighted by Crippen LogP contribution is -2.34. The van der Waals surface area contributed by atoms with Crippen LogP contribution in [0.15, 0.2) is 30.4 Å². The monoisotopic (exact) mass is 317 g/mol. The van der Waals surface area contributed by atoms with Crippen LogP contribution in [0.4, 0.5) is 5.69 Å². The Kier molecular flexibility index (Phi) is 5.79. The zero-order valence-electron chi connectivity index (χ0n) is 13.5. The minimum Gasteiger partial charge on any atom is -0.491 e. The van der Waals surface area contributed by atoms with Gasteiger partial charge in [0.15, 0.2) is 0 Å². The summed E-state index contributed by atoms with van der Waals surface area (Å²) in [6.07, 6.45) is 5.40. The van der Waals surface area contributed by atoms with Crippen molar-refractivity contribution in [3.8, 4) is 5.75 Å². The van der Waals surface area contributed by atoms with Gasteiger partial charge in [-0.2, -0.15) is 0 Å². The predicted molar refractivity (Wildman–Crippen MR) is 88.6 cm³/mol. The lowest BCUT2D eigenvalue weighted by molar-refractivity contribution is -0.146. The second-order valence-electron chi connectivity index (χ2n) is 5.83. The average molecular weight is 317 g/mol. The Morgan fingerprint density at radius 2 is 1.96 bits per heavy atom. The number of rotatable bonds is 6.